The van der Waals surface area contributed by atoms with E-state index in [2.05, 4.69) is 5.10 Å². The van der Waals surface area contributed by atoms with E-state index in [0.29, 0.717) is 11.4 Å². The second-order valence-corrected chi connectivity index (χ2v) is 4.66. The minimum atomic E-state index is -0.164. The van der Waals surface area contributed by atoms with E-state index in [-0.39, 0.29) is 6.04 Å². The van der Waals surface area contributed by atoms with E-state index in [0.717, 1.165) is 16.9 Å². The van der Waals surface area contributed by atoms with Crippen molar-refractivity contribution < 1.29 is 4.74 Å². The molecule has 96 valence electrons. The molecule has 2 N–H and O–H groups in total. The van der Waals surface area contributed by atoms with Gasteiger partial charge < -0.3 is 10.5 Å². The standard InChI is InChI=1S/C13H16ClN3O/c1-17-8-9(7-16-17)5-12(15)11-6-10(14)3-4-13(11)18-2/h3-4,6-8,12H,5,15H2,1-2H3. The molecule has 1 heterocycles. The number of halogens is 1. The van der Waals surface area contributed by atoms with Crippen molar-refractivity contribution in [1.82, 2.24) is 9.78 Å². The molecule has 2 rings (SSSR count). The van der Waals surface area contributed by atoms with Crippen LogP contribution in [0.25, 0.3) is 0 Å². The molecule has 1 atom stereocenters. The normalized spacial score (nSPS) is 12.4. The molecular weight excluding hydrogens is 250 g/mol. The predicted octanol–water partition coefficient (Wildman–Crippen LogP) is 2.32. The number of methoxy groups -OCH3 is 1. The van der Waals surface area contributed by atoms with Crippen molar-refractivity contribution in [3.05, 3.63) is 46.7 Å². The predicted molar refractivity (Wildman–Crippen MR) is 71.8 cm³/mol. The molecule has 2 aromatic rings. The summed E-state index contributed by atoms with van der Waals surface area (Å²) in [5.74, 6) is 0.760. The van der Waals surface area contributed by atoms with E-state index in [1.54, 1.807) is 17.9 Å². The van der Waals surface area contributed by atoms with Gasteiger partial charge in [-0.15, -0.1) is 0 Å². The summed E-state index contributed by atoms with van der Waals surface area (Å²) in [7, 11) is 3.51. The first-order chi connectivity index (χ1) is 8.60. The lowest BCUT2D eigenvalue weighted by molar-refractivity contribution is 0.405. The maximum absolute atomic E-state index is 6.21. The van der Waals surface area contributed by atoms with E-state index >= 15 is 0 Å². The molecule has 0 saturated carbocycles. The van der Waals surface area contributed by atoms with E-state index in [4.69, 9.17) is 22.1 Å². The van der Waals surface area contributed by atoms with Crippen LogP contribution in [-0.4, -0.2) is 16.9 Å². The van der Waals surface area contributed by atoms with Crippen LogP contribution >= 0.6 is 11.6 Å². The maximum atomic E-state index is 6.21. The largest absolute Gasteiger partial charge is 0.496 e. The number of nitrogens with two attached hydrogens (primary N) is 1. The molecule has 0 amide bonds. The van der Waals surface area contributed by atoms with Gasteiger partial charge in [-0.05, 0) is 30.2 Å². The van der Waals surface area contributed by atoms with Gasteiger partial charge in [-0.25, -0.2) is 0 Å². The van der Waals surface area contributed by atoms with Gasteiger partial charge in [0.2, 0.25) is 0 Å². The Morgan fingerprint density at radius 3 is 2.89 bits per heavy atom. The van der Waals surface area contributed by atoms with Crippen LogP contribution in [0.2, 0.25) is 5.02 Å². The highest BCUT2D eigenvalue weighted by Crippen LogP contribution is 2.28. The van der Waals surface area contributed by atoms with Gasteiger partial charge in [0.15, 0.2) is 0 Å². The molecule has 0 saturated heterocycles. The summed E-state index contributed by atoms with van der Waals surface area (Å²) in [6, 6.07) is 5.31. The molecule has 18 heavy (non-hydrogen) atoms. The summed E-state index contributed by atoms with van der Waals surface area (Å²) >= 11 is 6.00. The Labute approximate surface area is 111 Å². The molecule has 0 radical (unpaired) electrons. The van der Waals surface area contributed by atoms with Crippen molar-refractivity contribution >= 4 is 11.6 Å². The number of ether oxygens (including phenoxy) is 1. The van der Waals surface area contributed by atoms with E-state index < -0.39 is 0 Å². The highest BCUT2D eigenvalue weighted by molar-refractivity contribution is 6.30. The average Bonchev–Trinajstić information content (AvgIpc) is 2.74. The first-order valence-electron chi connectivity index (χ1n) is 5.66. The lowest BCUT2D eigenvalue weighted by Gasteiger charge is -2.15. The third kappa shape index (κ3) is 2.83. The van der Waals surface area contributed by atoms with Crippen molar-refractivity contribution in [2.75, 3.05) is 7.11 Å². The number of aromatic nitrogens is 2. The fourth-order valence-electron chi connectivity index (χ4n) is 1.94. The van der Waals surface area contributed by atoms with Crippen molar-refractivity contribution in [3.63, 3.8) is 0 Å². The van der Waals surface area contributed by atoms with Crippen molar-refractivity contribution in [1.29, 1.82) is 0 Å². The molecule has 1 aromatic carbocycles. The quantitative estimate of drug-likeness (QED) is 0.923. The van der Waals surface area contributed by atoms with Crippen LogP contribution in [0.4, 0.5) is 0 Å². The van der Waals surface area contributed by atoms with Crippen molar-refractivity contribution in [3.8, 4) is 5.75 Å². The Kier molecular flexibility index (Phi) is 3.89. The van der Waals surface area contributed by atoms with Gasteiger partial charge in [0.25, 0.3) is 0 Å². The van der Waals surface area contributed by atoms with Crippen LogP contribution in [0.5, 0.6) is 5.75 Å². The number of hydrogen-bond donors (Lipinski definition) is 1. The Morgan fingerprint density at radius 2 is 2.28 bits per heavy atom. The summed E-state index contributed by atoms with van der Waals surface area (Å²) in [4.78, 5) is 0. The third-order valence-electron chi connectivity index (χ3n) is 2.81. The molecule has 0 fully saturated rings. The fourth-order valence-corrected chi connectivity index (χ4v) is 2.12. The third-order valence-corrected chi connectivity index (χ3v) is 3.04. The molecule has 5 heteroatoms. The average molecular weight is 266 g/mol. The molecule has 1 unspecified atom stereocenters. The Morgan fingerprint density at radius 1 is 1.50 bits per heavy atom. The fraction of sp³-hybridized carbons (Fsp3) is 0.308. The van der Waals surface area contributed by atoms with Crippen LogP contribution in [0, 0.1) is 0 Å². The number of hydrogen-bond acceptors (Lipinski definition) is 3. The minimum absolute atomic E-state index is 0.164. The second-order valence-electron chi connectivity index (χ2n) is 4.22. The zero-order valence-electron chi connectivity index (χ0n) is 10.4. The number of benzene rings is 1. The van der Waals surface area contributed by atoms with Gasteiger partial charge >= 0.3 is 0 Å². The van der Waals surface area contributed by atoms with E-state index in [1.165, 1.54) is 0 Å². The SMILES string of the molecule is COc1ccc(Cl)cc1C(N)Cc1cnn(C)c1. The molecule has 0 aliphatic rings. The van der Waals surface area contributed by atoms with Gasteiger partial charge in [0, 0.05) is 29.9 Å². The van der Waals surface area contributed by atoms with Crippen LogP contribution < -0.4 is 10.5 Å². The van der Waals surface area contributed by atoms with Crippen LogP contribution in [0.1, 0.15) is 17.2 Å². The monoisotopic (exact) mass is 265 g/mol. The van der Waals surface area contributed by atoms with E-state index in [9.17, 15) is 0 Å². The lowest BCUT2D eigenvalue weighted by Crippen LogP contribution is -2.14. The molecule has 0 aliphatic carbocycles. The Bertz CT molecular complexity index is 539. The summed E-state index contributed by atoms with van der Waals surface area (Å²) in [5, 5.41) is 4.79. The number of rotatable bonds is 4. The number of nitrogens with zero attached hydrogens (tertiary/aromatic N) is 2. The summed E-state index contributed by atoms with van der Waals surface area (Å²) in [6.45, 7) is 0. The topological polar surface area (TPSA) is 53.1 Å². The second kappa shape index (κ2) is 5.42. The number of aryl methyl sites for hydroxylation is 1. The zero-order chi connectivity index (χ0) is 13.1. The molecular formula is C13H16ClN3O. The highest BCUT2D eigenvalue weighted by atomic mass is 35.5. The zero-order valence-corrected chi connectivity index (χ0v) is 11.2. The Balaban J connectivity index is 2.22. The first kappa shape index (κ1) is 12.9. The first-order valence-corrected chi connectivity index (χ1v) is 6.04. The summed E-state index contributed by atoms with van der Waals surface area (Å²) in [6.07, 6.45) is 4.47. The summed E-state index contributed by atoms with van der Waals surface area (Å²) < 4.78 is 7.07. The lowest BCUT2D eigenvalue weighted by atomic mass is 10.0. The van der Waals surface area contributed by atoms with Crippen molar-refractivity contribution in [2.24, 2.45) is 12.8 Å². The van der Waals surface area contributed by atoms with Crippen molar-refractivity contribution in [2.45, 2.75) is 12.5 Å². The molecule has 0 bridgehead atoms. The molecule has 4 nitrogen and oxygen atoms in total. The Hall–Kier alpha value is -1.52. The van der Waals surface area contributed by atoms with Crippen LogP contribution in [-0.2, 0) is 13.5 Å². The van der Waals surface area contributed by atoms with Gasteiger partial charge in [-0.3, -0.25) is 4.68 Å². The highest BCUT2D eigenvalue weighted by Gasteiger charge is 2.14. The van der Waals surface area contributed by atoms with E-state index in [1.807, 2.05) is 31.6 Å². The molecule has 1 aromatic heterocycles. The minimum Gasteiger partial charge on any atom is -0.496 e. The smallest absolute Gasteiger partial charge is 0.123 e. The molecule has 0 spiro atoms. The van der Waals surface area contributed by atoms with Gasteiger partial charge in [-0.2, -0.15) is 5.10 Å². The van der Waals surface area contributed by atoms with Gasteiger partial charge in [0.05, 0.1) is 13.3 Å². The van der Waals surface area contributed by atoms with Gasteiger partial charge in [-0.1, -0.05) is 11.6 Å². The molecule has 0 aliphatic heterocycles. The van der Waals surface area contributed by atoms with Crippen LogP contribution in [0.15, 0.2) is 30.6 Å². The van der Waals surface area contributed by atoms with Gasteiger partial charge in [0.1, 0.15) is 5.75 Å². The maximum Gasteiger partial charge on any atom is 0.123 e. The van der Waals surface area contributed by atoms with Crippen LogP contribution in [0.3, 0.4) is 0 Å². The summed E-state index contributed by atoms with van der Waals surface area (Å²) in [5.41, 5.74) is 8.21.